The summed E-state index contributed by atoms with van der Waals surface area (Å²) in [6.07, 6.45) is 6.21. The van der Waals surface area contributed by atoms with Crippen LogP contribution < -0.4 is 0 Å². The second-order valence-electron chi connectivity index (χ2n) is 6.76. The maximum atomic E-state index is 4.06. The van der Waals surface area contributed by atoms with Crippen LogP contribution in [0.1, 0.15) is 32.0 Å². The molecule has 0 spiro atoms. The second-order valence-corrected chi connectivity index (χ2v) is 6.76. The minimum Gasteiger partial charge on any atom is -0.355 e. The van der Waals surface area contributed by atoms with Gasteiger partial charge in [0.2, 0.25) is 0 Å². The van der Waals surface area contributed by atoms with Crippen molar-refractivity contribution in [1.29, 1.82) is 0 Å². The lowest BCUT2D eigenvalue weighted by molar-refractivity contribution is 1.11. The number of nitrogens with zero attached hydrogens (tertiary/aromatic N) is 1. The highest BCUT2D eigenvalue weighted by atomic mass is 15.0. The quantitative estimate of drug-likeness (QED) is 0.329. The van der Waals surface area contributed by atoms with Crippen LogP contribution >= 0.6 is 0 Å². The lowest BCUT2D eigenvalue weighted by Gasteiger charge is -2.10. The van der Waals surface area contributed by atoms with E-state index in [4.69, 9.17) is 0 Å². The Labute approximate surface area is 171 Å². The van der Waals surface area contributed by atoms with Gasteiger partial charge in [-0.15, -0.1) is 0 Å². The SMILES string of the molecule is C=Cc1c(/C=C\C)n(-c2ccc3[nH]c4ccccc4c3c2)c2ccccc12.CC. The van der Waals surface area contributed by atoms with E-state index in [1.54, 1.807) is 0 Å². The molecule has 0 aliphatic heterocycles. The molecule has 2 heterocycles. The lowest BCUT2D eigenvalue weighted by Crippen LogP contribution is -1.96. The number of aromatic amines is 1. The number of benzene rings is 3. The van der Waals surface area contributed by atoms with Crippen LogP contribution in [0.2, 0.25) is 0 Å². The molecule has 2 heteroatoms. The standard InChI is InChI=1S/C25H20N2.C2H6/c1-3-9-24-18(4-2)20-11-6-8-13-25(20)27(24)17-14-15-23-21(16-17)19-10-5-7-12-22(19)26-23;1-2/h3-16,26H,2H2,1H3;1-2H3/b9-3-;. The topological polar surface area (TPSA) is 20.7 Å². The smallest absolute Gasteiger partial charge is 0.0541 e. The van der Waals surface area contributed by atoms with E-state index in [0.29, 0.717) is 0 Å². The Bertz CT molecular complexity index is 1350. The zero-order valence-corrected chi connectivity index (χ0v) is 17.2. The zero-order chi connectivity index (χ0) is 20.4. The number of H-pyrrole nitrogens is 1. The molecule has 0 aliphatic rings. The van der Waals surface area contributed by atoms with E-state index in [9.17, 15) is 0 Å². The fraction of sp³-hybridized carbons (Fsp3) is 0.111. The molecule has 0 saturated carbocycles. The third-order valence-corrected chi connectivity index (χ3v) is 5.23. The van der Waals surface area contributed by atoms with Gasteiger partial charge in [-0.3, -0.25) is 0 Å². The molecule has 29 heavy (non-hydrogen) atoms. The molecule has 0 unspecified atom stereocenters. The highest BCUT2D eigenvalue weighted by molar-refractivity contribution is 6.08. The molecule has 0 bridgehead atoms. The Morgan fingerprint density at radius 2 is 1.52 bits per heavy atom. The minimum absolute atomic E-state index is 1.16. The van der Waals surface area contributed by atoms with Gasteiger partial charge in [-0.1, -0.05) is 69.0 Å². The van der Waals surface area contributed by atoms with Gasteiger partial charge in [0.25, 0.3) is 0 Å². The van der Waals surface area contributed by atoms with Gasteiger partial charge in [0.15, 0.2) is 0 Å². The van der Waals surface area contributed by atoms with Crippen LogP contribution in [-0.4, -0.2) is 9.55 Å². The van der Waals surface area contributed by atoms with Crippen molar-refractivity contribution in [3.8, 4) is 5.69 Å². The summed E-state index contributed by atoms with van der Waals surface area (Å²) in [5.74, 6) is 0. The van der Waals surface area contributed by atoms with Gasteiger partial charge >= 0.3 is 0 Å². The number of allylic oxidation sites excluding steroid dienone is 1. The van der Waals surface area contributed by atoms with Crippen LogP contribution in [0.3, 0.4) is 0 Å². The third-order valence-electron chi connectivity index (χ3n) is 5.23. The van der Waals surface area contributed by atoms with Crippen LogP contribution in [0.25, 0.3) is 50.5 Å². The molecule has 2 nitrogen and oxygen atoms in total. The lowest BCUT2D eigenvalue weighted by atomic mass is 10.1. The van der Waals surface area contributed by atoms with Gasteiger partial charge in [0, 0.05) is 38.4 Å². The molecule has 0 saturated heterocycles. The van der Waals surface area contributed by atoms with Gasteiger partial charge in [-0.25, -0.2) is 0 Å². The Hall–Kier alpha value is -3.52. The predicted octanol–water partition coefficient (Wildman–Crippen LogP) is 7.97. The van der Waals surface area contributed by atoms with Crippen molar-refractivity contribution in [2.24, 2.45) is 0 Å². The second kappa shape index (κ2) is 7.84. The summed E-state index contributed by atoms with van der Waals surface area (Å²) in [5, 5.41) is 3.72. The molecule has 0 radical (unpaired) electrons. The molecule has 0 fully saturated rings. The Morgan fingerprint density at radius 1 is 0.828 bits per heavy atom. The van der Waals surface area contributed by atoms with Gasteiger partial charge < -0.3 is 9.55 Å². The maximum absolute atomic E-state index is 4.06. The first-order valence-electron chi connectivity index (χ1n) is 10.2. The highest BCUT2D eigenvalue weighted by Crippen LogP contribution is 2.34. The van der Waals surface area contributed by atoms with Gasteiger partial charge in [-0.05, 0) is 43.3 Å². The third kappa shape index (κ3) is 2.98. The van der Waals surface area contributed by atoms with Crippen LogP contribution in [0.5, 0.6) is 0 Å². The zero-order valence-electron chi connectivity index (χ0n) is 17.2. The van der Waals surface area contributed by atoms with Crippen molar-refractivity contribution >= 4 is 44.9 Å². The molecule has 3 aromatic carbocycles. The molecule has 0 atom stereocenters. The van der Waals surface area contributed by atoms with E-state index >= 15 is 0 Å². The first-order chi connectivity index (χ1) is 14.3. The van der Waals surface area contributed by atoms with Crippen molar-refractivity contribution in [1.82, 2.24) is 9.55 Å². The average molecular weight is 379 g/mol. The van der Waals surface area contributed by atoms with Crippen LogP contribution in [0.4, 0.5) is 0 Å². The fourth-order valence-corrected chi connectivity index (χ4v) is 4.07. The number of rotatable bonds is 3. The number of fused-ring (bicyclic) bond motifs is 4. The highest BCUT2D eigenvalue weighted by Gasteiger charge is 2.15. The minimum atomic E-state index is 1.16. The maximum Gasteiger partial charge on any atom is 0.0541 e. The number of nitrogens with one attached hydrogen (secondary N) is 1. The summed E-state index contributed by atoms with van der Waals surface area (Å²) in [4.78, 5) is 3.51. The molecule has 144 valence electrons. The summed E-state index contributed by atoms with van der Waals surface area (Å²) in [6, 6.07) is 23.6. The fourth-order valence-electron chi connectivity index (χ4n) is 4.07. The average Bonchev–Trinajstić information content (AvgIpc) is 3.30. The van der Waals surface area contributed by atoms with E-state index in [-0.39, 0.29) is 0 Å². The first kappa shape index (κ1) is 18.8. The summed E-state index contributed by atoms with van der Waals surface area (Å²) in [7, 11) is 0. The summed E-state index contributed by atoms with van der Waals surface area (Å²) in [5.41, 5.74) is 7.01. The number of aromatic nitrogens is 2. The Morgan fingerprint density at radius 3 is 2.28 bits per heavy atom. The van der Waals surface area contributed by atoms with E-state index < -0.39 is 0 Å². The van der Waals surface area contributed by atoms with Crippen LogP contribution in [0, 0.1) is 0 Å². The molecule has 5 aromatic rings. The number of hydrogen-bond donors (Lipinski definition) is 1. The van der Waals surface area contributed by atoms with Crippen molar-refractivity contribution in [2.45, 2.75) is 20.8 Å². The Kier molecular flexibility index (Phi) is 5.09. The van der Waals surface area contributed by atoms with E-state index in [2.05, 4.69) is 102 Å². The van der Waals surface area contributed by atoms with Crippen molar-refractivity contribution in [3.63, 3.8) is 0 Å². The summed E-state index contributed by atoms with van der Waals surface area (Å²) < 4.78 is 2.33. The summed E-state index contributed by atoms with van der Waals surface area (Å²) in [6.45, 7) is 10.1. The van der Waals surface area contributed by atoms with E-state index in [1.165, 1.54) is 32.8 Å². The molecule has 2 aromatic heterocycles. The summed E-state index contributed by atoms with van der Waals surface area (Å²) >= 11 is 0. The van der Waals surface area contributed by atoms with Crippen LogP contribution in [-0.2, 0) is 0 Å². The number of hydrogen-bond acceptors (Lipinski definition) is 0. The molecule has 0 aliphatic carbocycles. The van der Waals surface area contributed by atoms with Crippen molar-refractivity contribution in [2.75, 3.05) is 0 Å². The van der Waals surface area contributed by atoms with Gasteiger partial charge in [0.1, 0.15) is 0 Å². The molecular weight excluding hydrogens is 352 g/mol. The van der Waals surface area contributed by atoms with E-state index in [0.717, 1.165) is 16.9 Å². The molecule has 1 N–H and O–H groups in total. The van der Waals surface area contributed by atoms with Crippen molar-refractivity contribution < 1.29 is 0 Å². The van der Waals surface area contributed by atoms with Gasteiger partial charge in [0.05, 0.1) is 11.2 Å². The van der Waals surface area contributed by atoms with Crippen molar-refractivity contribution in [3.05, 3.63) is 90.6 Å². The van der Waals surface area contributed by atoms with Crippen LogP contribution in [0.15, 0.2) is 79.4 Å². The van der Waals surface area contributed by atoms with Gasteiger partial charge in [-0.2, -0.15) is 0 Å². The molecule has 0 amide bonds. The largest absolute Gasteiger partial charge is 0.355 e. The Balaban J connectivity index is 0.000000994. The normalized spacial score (nSPS) is 11.3. The molecule has 5 rings (SSSR count). The van der Waals surface area contributed by atoms with E-state index in [1.807, 2.05) is 19.9 Å². The monoisotopic (exact) mass is 378 g/mol. The number of para-hydroxylation sites is 2. The predicted molar refractivity (Wildman–Crippen MR) is 129 cm³/mol. The molecular formula is C27H26N2. The first-order valence-corrected chi connectivity index (χ1v) is 10.2.